The van der Waals surface area contributed by atoms with Crippen LogP contribution >= 0.6 is 0 Å². The Hall–Kier alpha value is -3.40. The molecule has 4 nitrogen and oxygen atoms in total. The van der Waals surface area contributed by atoms with Gasteiger partial charge >= 0.3 is 5.69 Å². The van der Waals surface area contributed by atoms with E-state index in [-0.39, 0.29) is 5.69 Å². The van der Waals surface area contributed by atoms with Crippen molar-refractivity contribution in [1.29, 1.82) is 0 Å². The molecule has 0 fully saturated rings. The molecule has 0 amide bonds. The molecule has 0 unspecified atom stereocenters. The Morgan fingerprint density at radius 2 is 1.81 bits per heavy atom. The standard InChI is InChI=1S/C23H19N3O/c1-14(2)15-6-3-7-16(12-15)18-9-5-11-20-21(18)24-13-17-8-4-10-19-22(17)26(20)23(27)25-19/h3-14H,1-2H3,(H,25,27). The van der Waals surface area contributed by atoms with Gasteiger partial charge in [0.1, 0.15) is 0 Å². The van der Waals surface area contributed by atoms with Gasteiger partial charge < -0.3 is 4.98 Å². The van der Waals surface area contributed by atoms with Crippen molar-refractivity contribution in [2.75, 3.05) is 0 Å². The van der Waals surface area contributed by atoms with Crippen molar-refractivity contribution in [1.82, 2.24) is 9.55 Å². The Morgan fingerprint density at radius 3 is 2.67 bits per heavy atom. The number of hydrogen-bond donors (Lipinski definition) is 1. The number of rotatable bonds is 2. The fraction of sp³-hybridized carbons (Fsp3) is 0.130. The molecule has 4 heteroatoms. The molecule has 2 heterocycles. The van der Waals surface area contributed by atoms with Crippen LogP contribution in [0.1, 0.15) is 30.9 Å². The number of H-pyrrole nitrogens is 1. The molecule has 1 aliphatic heterocycles. The summed E-state index contributed by atoms with van der Waals surface area (Å²) in [5, 5.41) is 0. The van der Waals surface area contributed by atoms with Gasteiger partial charge in [-0.1, -0.05) is 62.4 Å². The first kappa shape index (κ1) is 15.8. The average molecular weight is 353 g/mol. The van der Waals surface area contributed by atoms with Crippen LogP contribution in [0.25, 0.3) is 27.8 Å². The molecule has 1 N–H and O–H groups in total. The summed E-state index contributed by atoms with van der Waals surface area (Å²) < 4.78 is 1.74. The number of hydrogen-bond acceptors (Lipinski definition) is 2. The highest BCUT2D eigenvalue weighted by molar-refractivity contribution is 6.02. The third-order valence-electron chi connectivity index (χ3n) is 5.19. The summed E-state index contributed by atoms with van der Waals surface area (Å²) in [5.41, 5.74) is 7.54. The second-order valence-corrected chi connectivity index (χ2v) is 7.22. The first-order chi connectivity index (χ1) is 13.1. The molecule has 0 saturated carbocycles. The number of para-hydroxylation sites is 2. The minimum Gasteiger partial charge on any atom is -0.305 e. The second kappa shape index (κ2) is 5.81. The van der Waals surface area contributed by atoms with Gasteiger partial charge in [0.05, 0.1) is 22.4 Å². The molecule has 4 aromatic rings. The monoisotopic (exact) mass is 353 g/mol. The number of fused-ring (bicyclic) bond motifs is 2. The molecule has 0 atom stereocenters. The van der Waals surface area contributed by atoms with Crippen LogP contribution in [0.2, 0.25) is 0 Å². The first-order valence-corrected chi connectivity index (χ1v) is 9.15. The summed E-state index contributed by atoms with van der Waals surface area (Å²) >= 11 is 0. The zero-order valence-electron chi connectivity index (χ0n) is 15.2. The van der Waals surface area contributed by atoms with Crippen LogP contribution in [0, 0.1) is 0 Å². The molecule has 0 saturated heterocycles. The van der Waals surface area contributed by atoms with E-state index in [1.165, 1.54) is 5.56 Å². The number of benzene rings is 3. The van der Waals surface area contributed by atoms with Crippen molar-refractivity contribution in [3.63, 3.8) is 0 Å². The lowest BCUT2D eigenvalue weighted by Gasteiger charge is -2.13. The smallest absolute Gasteiger partial charge is 0.305 e. The number of nitrogens with zero attached hydrogens (tertiary/aromatic N) is 2. The maximum absolute atomic E-state index is 12.7. The van der Waals surface area contributed by atoms with Gasteiger partial charge in [-0.2, -0.15) is 0 Å². The van der Waals surface area contributed by atoms with Gasteiger partial charge in [0.2, 0.25) is 0 Å². The highest BCUT2D eigenvalue weighted by atomic mass is 16.1. The normalized spacial score (nSPS) is 12.4. The molecule has 132 valence electrons. The van der Waals surface area contributed by atoms with Crippen molar-refractivity contribution < 1.29 is 0 Å². The van der Waals surface area contributed by atoms with Gasteiger partial charge in [0, 0.05) is 17.3 Å². The van der Waals surface area contributed by atoms with Crippen molar-refractivity contribution in [3.8, 4) is 16.8 Å². The number of imidazole rings is 1. The molecule has 0 bridgehead atoms. The zero-order chi connectivity index (χ0) is 18.5. The summed E-state index contributed by atoms with van der Waals surface area (Å²) in [6.45, 7) is 4.38. The molecule has 27 heavy (non-hydrogen) atoms. The number of aromatic amines is 1. The summed E-state index contributed by atoms with van der Waals surface area (Å²) in [6.07, 6.45) is 1.85. The molecule has 1 aromatic heterocycles. The molecule has 1 aliphatic rings. The van der Waals surface area contributed by atoms with Gasteiger partial charge in [0.25, 0.3) is 0 Å². The maximum atomic E-state index is 12.7. The highest BCUT2D eigenvalue weighted by Gasteiger charge is 2.19. The van der Waals surface area contributed by atoms with E-state index in [0.29, 0.717) is 5.92 Å². The van der Waals surface area contributed by atoms with Gasteiger partial charge in [-0.15, -0.1) is 0 Å². The predicted molar refractivity (Wildman–Crippen MR) is 111 cm³/mol. The van der Waals surface area contributed by atoms with E-state index in [2.05, 4.69) is 49.2 Å². The van der Waals surface area contributed by atoms with Crippen molar-refractivity contribution in [2.24, 2.45) is 4.99 Å². The molecule has 0 spiro atoms. The zero-order valence-corrected chi connectivity index (χ0v) is 15.2. The van der Waals surface area contributed by atoms with Crippen LogP contribution in [0.15, 0.2) is 70.5 Å². The van der Waals surface area contributed by atoms with Gasteiger partial charge in [-0.3, -0.25) is 9.56 Å². The summed E-state index contributed by atoms with van der Waals surface area (Å²) in [5.74, 6) is 0.451. The van der Waals surface area contributed by atoms with Crippen LogP contribution in [0.5, 0.6) is 0 Å². The number of aliphatic imine (C=N–C) groups is 1. The fourth-order valence-corrected chi connectivity index (χ4v) is 3.80. The Bertz CT molecular complexity index is 1270. The third-order valence-corrected chi connectivity index (χ3v) is 5.19. The summed E-state index contributed by atoms with van der Waals surface area (Å²) in [7, 11) is 0. The molecule has 0 radical (unpaired) electrons. The van der Waals surface area contributed by atoms with Gasteiger partial charge in [0.15, 0.2) is 0 Å². The van der Waals surface area contributed by atoms with Crippen molar-refractivity contribution in [2.45, 2.75) is 19.8 Å². The minimum absolute atomic E-state index is 0.141. The molecular formula is C23H19N3O. The van der Waals surface area contributed by atoms with Crippen LogP contribution in [-0.4, -0.2) is 15.8 Å². The lowest BCUT2D eigenvalue weighted by atomic mass is 9.96. The van der Waals surface area contributed by atoms with E-state index in [9.17, 15) is 4.79 Å². The van der Waals surface area contributed by atoms with Crippen LogP contribution in [0.4, 0.5) is 5.69 Å². The molecular weight excluding hydrogens is 334 g/mol. The van der Waals surface area contributed by atoms with Crippen LogP contribution < -0.4 is 5.69 Å². The largest absolute Gasteiger partial charge is 0.331 e. The van der Waals surface area contributed by atoms with Crippen molar-refractivity contribution in [3.05, 3.63) is 82.3 Å². The Kier molecular flexibility index (Phi) is 3.41. The van der Waals surface area contributed by atoms with E-state index >= 15 is 0 Å². The van der Waals surface area contributed by atoms with Crippen molar-refractivity contribution >= 4 is 22.9 Å². The average Bonchev–Trinajstić information content (AvgIpc) is 2.91. The number of nitrogens with one attached hydrogen (secondary N) is 1. The number of aromatic nitrogens is 2. The van der Waals surface area contributed by atoms with E-state index in [4.69, 9.17) is 4.99 Å². The topological polar surface area (TPSA) is 50.1 Å². The van der Waals surface area contributed by atoms with E-state index in [0.717, 1.165) is 39.1 Å². The minimum atomic E-state index is -0.141. The maximum Gasteiger partial charge on any atom is 0.331 e. The fourth-order valence-electron chi connectivity index (χ4n) is 3.80. The Labute approximate surface area is 156 Å². The van der Waals surface area contributed by atoms with Gasteiger partial charge in [-0.05, 0) is 29.2 Å². The molecule has 0 aliphatic carbocycles. The Morgan fingerprint density at radius 1 is 1.00 bits per heavy atom. The lowest BCUT2D eigenvalue weighted by Crippen LogP contribution is -2.14. The summed E-state index contributed by atoms with van der Waals surface area (Å²) in [6, 6.07) is 20.4. The molecule has 5 rings (SSSR count). The SMILES string of the molecule is CC(C)c1cccc(-c2cccc3c2N=Cc2cccc4[nH]c(=O)n-3c24)c1. The second-order valence-electron chi connectivity index (χ2n) is 7.22. The lowest BCUT2D eigenvalue weighted by molar-refractivity contribution is 0.867. The van der Waals surface area contributed by atoms with Crippen LogP contribution in [0.3, 0.4) is 0 Å². The van der Waals surface area contributed by atoms with E-state index in [1.54, 1.807) is 4.57 Å². The predicted octanol–water partition coefficient (Wildman–Crippen LogP) is 5.17. The van der Waals surface area contributed by atoms with Gasteiger partial charge in [-0.25, -0.2) is 4.79 Å². The Balaban J connectivity index is 1.82. The third kappa shape index (κ3) is 2.37. The molecule has 3 aromatic carbocycles. The van der Waals surface area contributed by atoms with Crippen LogP contribution in [-0.2, 0) is 0 Å². The summed E-state index contributed by atoms with van der Waals surface area (Å²) in [4.78, 5) is 20.5. The first-order valence-electron chi connectivity index (χ1n) is 9.15. The van der Waals surface area contributed by atoms with E-state index < -0.39 is 0 Å². The highest BCUT2D eigenvalue weighted by Crippen LogP contribution is 2.38. The quantitative estimate of drug-likeness (QED) is 0.467. The van der Waals surface area contributed by atoms with E-state index in [1.807, 2.05) is 36.5 Å².